The zero-order chi connectivity index (χ0) is 13.8. The molecule has 0 unspecified atom stereocenters. The highest BCUT2D eigenvalue weighted by Gasteiger charge is 2.05. The van der Waals surface area contributed by atoms with Gasteiger partial charge in [0.05, 0.1) is 6.54 Å². The fourth-order valence-electron chi connectivity index (χ4n) is 1.75. The van der Waals surface area contributed by atoms with Crippen molar-refractivity contribution in [3.8, 4) is 11.4 Å². The topological polar surface area (TPSA) is 66.5 Å². The molecule has 0 bridgehead atoms. The molecule has 0 atom stereocenters. The first-order valence-corrected chi connectivity index (χ1v) is 6.50. The van der Waals surface area contributed by atoms with Gasteiger partial charge in [-0.2, -0.15) is 5.10 Å². The minimum absolute atomic E-state index is 0.564. The van der Waals surface area contributed by atoms with E-state index in [1.807, 2.05) is 36.4 Å². The molecule has 0 spiro atoms. The van der Waals surface area contributed by atoms with Crippen molar-refractivity contribution in [3.63, 3.8) is 0 Å². The normalized spacial score (nSPS) is 10.4. The van der Waals surface area contributed by atoms with Gasteiger partial charge in [0.2, 0.25) is 0 Å². The molecule has 20 heavy (non-hydrogen) atoms. The van der Waals surface area contributed by atoms with Gasteiger partial charge in [0, 0.05) is 28.7 Å². The summed E-state index contributed by atoms with van der Waals surface area (Å²) in [5.74, 6) is 1.41. The molecule has 0 saturated carbocycles. The smallest absolute Gasteiger partial charge is 0.182 e. The second-order valence-corrected chi connectivity index (χ2v) is 4.64. The molecule has 0 aliphatic carbocycles. The molecule has 0 fully saturated rings. The van der Waals surface area contributed by atoms with Crippen molar-refractivity contribution in [2.45, 2.75) is 6.54 Å². The Morgan fingerprint density at radius 1 is 1.15 bits per heavy atom. The molecule has 2 aromatic heterocycles. The molecule has 0 radical (unpaired) electrons. The van der Waals surface area contributed by atoms with E-state index in [1.54, 1.807) is 12.4 Å². The zero-order valence-electron chi connectivity index (χ0n) is 10.5. The summed E-state index contributed by atoms with van der Waals surface area (Å²) >= 11 is 5.84. The molecule has 6 heteroatoms. The van der Waals surface area contributed by atoms with Crippen LogP contribution in [0.15, 0.2) is 48.8 Å². The third-order valence-corrected chi connectivity index (χ3v) is 3.01. The van der Waals surface area contributed by atoms with Crippen LogP contribution in [0.4, 0.5) is 5.69 Å². The SMILES string of the molecule is Clc1ccc(NCc2nc(-c3cccnc3)n[nH]2)cc1. The summed E-state index contributed by atoms with van der Waals surface area (Å²) in [6, 6.07) is 11.3. The second-order valence-electron chi connectivity index (χ2n) is 4.21. The monoisotopic (exact) mass is 285 g/mol. The molecule has 100 valence electrons. The molecule has 1 aromatic carbocycles. The van der Waals surface area contributed by atoms with E-state index < -0.39 is 0 Å². The van der Waals surface area contributed by atoms with Crippen molar-refractivity contribution >= 4 is 17.3 Å². The first-order valence-electron chi connectivity index (χ1n) is 6.12. The first kappa shape index (κ1) is 12.6. The number of halogens is 1. The van der Waals surface area contributed by atoms with Gasteiger partial charge in [-0.15, -0.1) is 0 Å². The summed E-state index contributed by atoms with van der Waals surface area (Å²) in [7, 11) is 0. The number of nitrogens with zero attached hydrogens (tertiary/aromatic N) is 3. The van der Waals surface area contributed by atoms with Crippen LogP contribution in [0.1, 0.15) is 5.82 Å². The number of rotatable bonds is 4. The number of hydrogen-bond acceptors (Lipinski definition) is 4. The summed E-state index contributed by atoms with van der Waals surface area (Å²) in [4.78, 5) is 8.47. The largest absolute Gasteiger partial charge is 0.378 e. The van der Waals surface area contributed by atoms with E-state index in [4.69, 9.17) is 11.6 Å². The van der Waals surface area contributed by atoms with Gasteiger partial charge >= 0.3 is 0 Å². The average molecular weight is 286 g/mol. The zero-order valence-corrected chi connectivity index (χ0v) is 11.3. The molecular formula is C14H12ClN5. The molecule has 0 amide bonds. The number of pyridine rings is 1. The minimum atomic E-state index is 0.564. The lowest BCUT2D eigenvalue weighted by Gasteiger charge is -2.03. The fourth-order valence-corrected chi connectivity index (χ4v) is 1.88. The van der Waals surface area contributed by atoms with Gasteiger partial charge in [0.15, 0.2) is 5.82 Å². The molecule has 0 aliphatic rings. The minimum Gasteiger partial charge on any atom is -0.378 e. The highest BCUT2D eigenvalue weighted by molar-refractivity contribution is 6.30. The van der Waals surface area contributed by atoms with E-state index in [0.29, 0.717) is 17.4 Å². The van der Waals surface area contributed by atoms with Crippen molar-refractivity contribution in [1.29, 1.82) is 0 Å². The van der Waals surface area contributed by atoms with Gasteiger partial charge in [0.1, 0.15) is 5.82 Å². The van der Waals surface area contributed by atoms with Crippen LogP contribution in [0.5, 0.6) is 0 Å². The summed E-state index contributed by atoms with van der Waals surface area (Å²) in [5.41, 5.74) is 1.87. The Hall–Kier alpha value is -2.40. The van der Waals surface area contributed by atoms with E-state index >= 15 is 0 Å². The lowest BCUT2D eigenvalue weighted by Crippen LogP contribution is -2.00. The van der Waals surface area contributed by atoms with Crippen molar-refractivity contribution in [1.82, 2.24) is 20.2 Å². The van der Waals surface area contributed by atoms with E-state index in [1.165, 1.54) is 0 Å². The number of aromatic nitrogens is 4. The van der Waals surface area contributed by atoms with E-state index in [0.717, 1.165) is 17.1 Å². The summed E-state index contributed by atoms with van der Waals surface area (Å²) in [5, 5.41) is 11.0. The predicted molar refractivity (Wildman–Crippen MR) is 78.4 cm³/mol. The highest BCUT2D eigenvalue weighted by Crippen LogP contribution is 2.15. The third-order valence-electron chi connectivity index (χ3n) is 2.76. The van der Waals surface area contributed by atoms with Gasteiger partial charge in [-0.25, -0.2) is 4.98 Å². The first-order chi connectivity index (χ1) is 9.81. The van der Waals surface area contributed by atoms with Crippen LogP contribution in [0.2, 0.25) is 5.02 Å². The Balaban J connectivity index is 1.67. The summed E-state index contributed by atoms with van der Waals surface area (Å²) in [6.45, 7) is 0.564. The standard InChI is InChI=1S/C14H12ClN5/c15-11-3-5-12(6-4-11)17-9-13-18-14(20-19-13)10-2-1-7-16-8-10/h1-8,17H,9H2,(H,18,19,20). The van der Waals surface area contributed by atoms with Crippen LogP contribution in [-0.4, -0.2) is 20.2 Å². The molecule has 3 rings (SSSR count). The Bertz CT molecular complexity index is 678. The van der Waals surface area contributed by atoms with Crippen LogP contribution in [0, 0.1) is 0 Å². The predicted octanol–water partition coefficient (Wildman–Crippen LogP) is 3.13. The average Bonchev–Trinajstić information content (AvgIpc) is 2.97. The molecule has 5 nitrogen and oxygen atoms in total. The maximum atomic E-state index is 5.84. The van der Waals surface area contributed by atoms with E-state index in [9.17, 15) is 0 Å². The van der Waals surface area contributed by atoms with Crippen molar-refractivity contribution < 1.29 is 0 Å². The maximum Gasteiger partial charge on any atom is 0.182 e. The Kier molecular flexibility index (Phi) is 3.60. The molecule has 0 saturated heterocycles. The van der Waals surface area contributed by atoms with E-state index in [2.05, 4.69) is 25.5 Å². The number of aromatic amines is 1. The van der Waals surface area contributed by atoms with Gasteiger partial charge in [-0.1, -0.05) is 11.6 Å². The van der Waals surface area contributed by atoms with E-state index in [-0.39, 0.29) is 0 Å². The van der Waals surface area contributed by atoms with Crippen LogP contribution in [-0.2, 0) is 6.54 Å². The number of hydrogen-bond donors (Lipinski definition) is 2. The van der Waals surface area contributed by atoms with Gasteiger partial charge < -0.3 is 5.32 Å². The van der Waals surface area contributed by atoms with Crippen LogP contribution < -0.4 is 5.32 Å². The molecular weight excluding hydrogens is 274 g/mol. The number of nitrogens with one attached hydrogen (secondary N) is 2. The molecule has 3 aromatic rings. The van der Waals surface area contributed by atoms with Gasteiger partial charge in [-0.3, -0.25) is 10.1 Å². The summed E-state index contributed by atoms with van der Waals surface area (Å²) in [6.07, 6.45) is 3.46. The molecule has 2 N–H and O–H groups in total. The van der Waals surface area contributed by atoms with Gasteiger partial charge in [0.25, 0.3) is 0 Å². The fraction of sp³-hybridized carbons (Fsp3) is 0.0714. The maximum absolute atomic E-state index is 5.84. The van der Waals surface area contributed by atoms with Crippen LogP contribution in [0.3, 0.4) is 0 Å². The van der Waals surface area contributed by atoms with Gasteiger partial charge in [-0.05, 0) is 36.4 Å². The summed E-state index contributed by atoms with van der Waals surface area (Å²) < 4.78 is 0. The van der Waals surface area contributed by atoms with Crippen molar-refractivity contribution in [3.05, 3.63) is 59.6 Å². The Morgan fingerprint density at radius 2 is 2.00 bits per heavy atom. The quantitative estimate of drug-likeness (QED) is 0.773. The number of H-pyrrole nitrogens is 1. The Labute approximate surface area is 121 Å². The second kappa shape index (κ2) is 5.71. The molecule has 0 aliphatic heterocycles. The number of benzene rings is 1. The lowest BCUT2D eigenvalue weighted by atomic mass is 10.3. The third kappa shape index (κ3) is 2.95. The van der Waals surface area contributed by atoms with Crippen LogP contribution >= 0.6 is 11.6 Å². The van der Waals surface area contributed by atoms with Crippen LogP contribution in [0.25, 0.3) is 11.4 Å². The number of anilines is 1. The van der Waals surface area contributed by atoms with Crippen molar-refractivity contribution in [2.24, 2.45) is 0 Å². The Morgan fingerprint density at radius 3 is 2.75 bits per heavy atom. The van der Waals surface area contributed by atoms with Crippen molar-refractivity contribution in [2.75, 3.05) is 5.32 Å². The highest BCUT2D eigenvalue weighted by atomic mass is 35.5. The lowest BCUT2D eigenvalue weighted by molar-refractivity contribution is 0.955. The molecule has 2 heterocycles.